The molecule has 0 saturated heterocycles. The van der Waals surface area contributed by atoms with Gasteiger partial charge in [0.25, 0.3) is 0 Å². The van der Waals surface area contributed by atoms with Crippen molar-refractivity contribution in [1.29, 1.82) is 0 Å². The number of rotatable bonds is 4. The summed E-state index contributed by atoms with van der Waals surface area (Å²) < 4.78 is 200. The zero-order valence-electron chi connectivity index (χ0n) is 12.2. The van der Waals surface area contributed by atoms with Gasteiger partial charge in [0.15, 0.2) is 0 Å². The van der Waals surface area contributed by atoms with E-state index >= 15 is 0 Å². The third kappa shape index (κ3) is 4.70. The Kier molecular flexibility index (Phi) is 6.43. The maximum Gasteiger partial charge on any atom is 0.470 e. The van der Waals surface area contributed by atoms with Crippen LogP contribution in [0.4, 0.5) is 70.2 Å². The molecule has 0 aliphatic heterocycles. The quantitative estimate of drug-likeness (QED) is 0.346. The van der Waals surface area contributed by atoms with Crippen molar-refractivity contribution in [2.24, 2.45) is 0 Å². The van der Waals surface area contributed by atoms with Gasteiger partial charge in [0.1, 0.15) is 0 Å². The lowest BCUT2D eigenvalue weighted by Gasteiger charge is -2.31. The van der Waals surface area contributed by atoms with Gasteiger partial charge in [-0.3, -0.25) is 0 Å². The molecule has 0 aromatic carbocycles. The largest absolute Gasteiger partial charge is 0.470 e. The Morgan fingerprint density at radius 3 is 0.724 bits per heavy atom. The summed E-state index contributed by atoms with van der Waals surface area (Å²) >= 11 is 0. The second-order valence-corrected chi connectivity index (χ2v) is 4.53. The minimum Gasteiger partial charge on any atom is -0.408 e. The van der Waals surface area contributed by atoms with Crippen LogP contribution in [0.25, 0.3) is 0 Å². The lowest BCUT2D eigenvalue weighted by Crippen LogP contribution is -2.61. The standard InChI is InChI=1S/C9F16O4/c10-3(11,1(26)28-4(12,6(14,15)16)7(17,18)19)2(27)29-5(13,8(20,21)22)9(23,24)25. The molecule has 0 heterocycles. The molecule has 0 unspecified atom stereocenters. The van der Waals surface area contributed by atoms with Gasteiger partial charge in [-0.25, -0.2) is 9.59 Å². The fourth-order valence-corrected chi connectivity index (χ4v) is 1.02. The number of carbonyl (C=O) groups is 2. The van der Waals surface area contributed by atoms with E-state index in [9.17, 15) is 79.8 Å². The smallest absolute Gasteiger partial charge is 0.408 e. The molecule has 0 aliphatic rings. The van der Waals surface area contributed by atoms with Gasteiger partial charge in [-0.05, 0) is 0 Å². The molecular weight excluding hydrogens is 476 g/mol. The fourth-order valence-electron chi connectivity index (χ4n) is 1.02. The molecule has 0 bridgehead atoms. The predicted octanol–water partition coefficient (Wildman–Crippen LogP) is 4.29. The first kappa shape index (κ1) is 26.8. The van der Waals surface area contributed by atoms with Crippen LogP contribution in [0.2, 0.25) is 0 Å². The normalized spacial score (nSPS) is 15.2. The predicted molar refractivity (Wildman–Crippen MR) is 49.0 cm³/mol. The Bertz CT molecular complexity index is 555. The second-order valence-electron chi connectivity index (χ2n) is 4.53. The Hall–Kier alpha value is -2.18. The van der Waals surface area contributed by atoms with Crippen LogP contribution in [0.5, 0.6) is 0 Å². The van der Waals surface area contributed by atoms with Gasteiger partial charge in [0.2, 0.25) is 0 Å². The van der Waals surface area contributed by atoms with E-state index in [0.29, 0.717) is 0 Å². The molecule has 0 atom stereocenters. The van der Waals surface area contributed by atoms with E-state index in [2.05, 4.69) is 0 Å². The van der Waals surface area contributed by atoms with E-state index in [4.69, 9.17) is 0 Å². The van der Waals surface area contributed by atoms with Gasteiger partial charge in [-0.1, -0.05) is 0 Å². The zero-order valence-corrected chi connectivity index (χ0v) is 12.2. The summed E-state index contributed by atoms with van der Waals surface area (Å²) in [5.41, 5.74) is 0. The van der Waals surface area contributed by atoms with Crippen LogP contribution in [0.15, 0.2) is 0 Å². The van der Waals surface area contributed by atoms with E-state index in [0.717, 1.165) is 0 Å². The average Bonchev–Trinajstić information content (AvgIpc) is 2.41. The third-order valence-electron chi connectivity index (χ3n) is 2.44. The Labute approximate surface area is 145 Å². The lowest BCUT2D eigenvalue weighted by atomic mass is 10.2. The van der Waals surface area contributed by atoms with E-state index in [1.54, 1.807) is 9.47 Å². The first-order valence-electron chi connectivity index (χ1n) is 5.75. The van der Waals surface area contributed by atoms with E-state index in [-0.39, 0.29) is 0 Å². The highest BCUT2D eigenvalue weighted by Gasteiger charge is 2.80. The second kappa shape index (κ2) is 6.96. The molecule has 0 saturated carbocycles. The number of ether oxygens (including phenoxy) is 2. The molecule has 0 amide bonds. The summed E-state index contributed by atoms with van der Waals surface area (Å²) in [4.78, 5) is 21.2. The van der Waals surface area contributed by atoms with Gasteiger partial charge < -0.3 is 9.47 Å². The summed E-state index contributed by atoms with van der Waals surface area (Å²) in [5, 5.41) is 0. The zero-order chi connectivity index (χ0) is 24.1. The highest BCUT2D eigenvalue weighted by Crippen LogP contribution is 2.49. The van der Waals surface area contributed by atoms with Gasteiger partial charge >= 0.3 is 54.3 Å². The molecule has 0 radical (unpaired) electrons. The van der Waals surface area contributed by atoms with Crippen LogP contribution < -0.4 is 0 Å². The van der Waals surface area contributed by atoms with Crippen LogP contribution in [0.1, 0.15) is 0 Å². The Balaban J connectivity index is 6.02. The molecule has 0 spiro atoms. The van der Waals surface area contributed by atoms with Gasteiger partial charge in [-0.15, -0.1) is 0 Å². The van der Waals surface area contributed by atoms with E-state index in [1.165, 1.54) is 0 Å². The highest BCUT2D eigenvalue weighted by molar-refractivity contribution is 6.01. The summed E-state index contributed by atoms with van der Waals surface area (Å²) in [7, 11) is 0. The van der Waals surface area contributed by atoms with Crippen molar-refractivity contribution in [2.45, 2.75) is 42.3 Å². The molecule has 0 N–H and O–H groups in total. The van der Waals surface area contributed by atoms with Crippen molar-refractivity contribution in [2.75, 3.05) is 0 Å². The van der Waals surface area contributed by atoms with Crippen molar-refractivity contribution >= 4 is 11.9 Å². The van der Waals surface area contributed by atoms with Crippen LogP contribution in [-0.2, 0) is 19.1 Å². The summed E-state index contributed by atoms with van der Waals surface area (Å²) in [6, 6.07) is 0. The molecule has 0 rings (SSSR count). The molecule has 172 valence electrons. The molecule has 0 aromatic heterocycles. The molecular formula is C9F16O4. The van der Waals surface area contributed by atoms with Crippen molar-refractivity contribution in [3.05, 3.63) is 0 Å². The Morgan fingerprint density at radius 2 is 0.586 bits per heavy atom. The number of hydrogen-bond acceptors (Lipinski definition) is 4. The highest BCUT2D eigenvalue weighted by atomic mass is 19.4. The molecule has 29 heavy (non-hydrogen) atoms. The van der Waals surface area contributed by atoms with Gasteiger partial charge in [0.05, 0.1) is 0 Å². The molecule has 0 fully saturated rings. The summed E-state index contributed by atoms with van der Waals surface area (Å²) in [5.74, 6) is -30.7. The SMILES string of the molecule is O=C(OC(F)(C(F)(F)F)C(F)(F)F)C(F)(F)C(=O)OC(F)(C(F)(F)F)C(F)(F)F. The first-order chi connectivity index (χ1) is 12.3. The van der Waals surface area contributed by atoms with Crippen molar-refractivity contribution < 1.29 is 89.3 Å². The molecule has 0 aromatic rings. The van der Waals surface area contributed by atoms with Crippen LogP contribution in [-0.4, -0.2) is 54.3 Å². The van der Waals surface area contributed by atoms with Gasteiger partial charge in [-0.2, -0.15) is 70.2 Å². The topological polar surface area (TPSA) is 52.6 Å². The van der Waals surface area contributed by atoms with Crippen molar-refractivity contribution in [1.82, 2.24) is 0 Å². The number of alkyl halides is 16. The first-order valence-corrected chi connectivity index (χ1v) is 5.75. The summed E-state index contributed by atoms with van der Waals surface area (Å²) in [6.07, 6.45) is -29.5. The maximum absolute atomic E-state index is 13.1. The van der Waals surface area contributed by atoms with Gasteiger partial charge in [0, 0.05) is 0 Å². The van der Waals surface area contributed by atoms with Crippen molar-refractivity contribution in [3.8, 4) is 0 Å². The average molecular weight is 476 g/mol. The Morgan fingerprint density at radius 1 is 0.414 bits per heavy atom. The maximum atomic E-state index is 13.1. The van der Waals surface area contributed by atoms with Crippen LogP contribution in [0.3, 0.4) is 0 Å². The van der Waals surface area contributed by atoms with E-state index < -0.39 is 54.3 Å². The number of carbonyl (C=O) groups excluding carboxylic acids is 2. The minimum absolute atomic E-state index is 1.75. The number of esters is 2. The fraction of sp³-hybridized carbons (Fsp3) is 0.778. The van der Waals surface area contributed by atoms with E-state index in [1.807, 2.05) is 0 Å². The molecule has 0 aliphatic carbocycles. The lowest BCUT2D eigenvalue weighted by molar-refractivity contribution is -0.424. The number of halogens is 16. The monoisotopic (exact) mass is 476 g/mol. The minimum atomic E-state index is -7.37. The van der Waals surface area contributed by atoms with Crippen LogP contribution in [0, 0.1) is 0 Å². The third-order valence-corrected chi connectivity index (χ3v) is 2.44. The van der Waals surface area contributed by atoms with Crippen LogP contribution >= 0.6 is 0 Å². The summed E-state index contributed by atoms with van der Waals surface area (Å²) in [6.45, 7) is 0. The van der Waals surface area contributed by atoms with Crippen molar-refractivity contribution in [3.63, 3.8) is 0 Å². The molecule has 4 nitrogen and oxygen atoms in total. The number of hydrogen-bond donors (Lipinski definition) is 0. The molecule has 20 heteroatoms.